The lowest BCUT2D eigenvalue weighted by atomic mass is 10.1. The van der Waals surface area contributed by atoms with Crippen molar-refractivity contribution in [3.8, 4) is 0 Å². The Hall–Kier alpha value is -0.283. The van der Waals surface area contributed by atoms with Gasteiger partial charge in [0.15, 0.2) is 7.38 Å². The van der Waals surface area contributed by atoms with E-state index in [0.29, 0.717) is 12.2 Å². The SMILES string of the molecule is C=C(C)C(=O)OCCCCCCCCCC[Si](Cl)(CCC)CCC. The van der Waals surface area contributed by atoms with Crippen LogP contribution in [0.25, 0.3) is 0 Å². The van der Waals surface area contributed by atoms with Crippen LogP contribution in [0, 0.1) is 0 Å². The van der Waals surface area contributed by atoms with Crippen LogP contribution in [0.5, 0.6) is 0 Å². The summed E-state index contributed by atoms with van der Waals surface area (Å²) in [5, 5.41) is 0. The number of carbonyl (C=O) groups excluding carboxylic acids is 1. The molecule has 0 bridgehead atoms. The first-order valence-corrected chi connectivity index (χ1v) is 13.6. The Morgan fingerprint density at radius 1 is 0.875 bits per heavy atom. The normalized spacial score (nSPS) is 11.5. The van der Waals surface area contributed by atoms with Gasteiger partial charge in [0.05, 0.1) is 6.61 Å². The zero-order chi connectivity index (χ0) is 18.3. The Morgan fingerprint density at radius 3 is 1.79 bits per heavy atom. The van der Waals surface area contributed by atoms with E-state index in [1.807, 2.05) is 0 Å². The van der Waals surface area contributed by atoms with Gasteiger partial charge in [-0.05, 0) is 31.5 Å². The van der Waals surface area contributed by atoms with Gasteiger partial charge in [-0.2, -0.15) is 11.1 Å². The Balaban J connectivity index is 3.44. The van der Waals surface area contributed by atoms with E-state index < -0.39 is 7.38 Å². The zero-order valence-electron chi connectivity index (χ0n) is 16.3. The van der Waals surface area contributed by atoms with Crippen LogP contribution in [0.2, 0.25) is 18.1 Å². The van der Waals surface area contributed by atoms with Crippen molar-refractivity contribution in [1.29, 1.82) is 0 Å². The number of rotatable bonds is 16. The number of halogens is 1. The maximum atomic E-state index is 11.2. The van der Waals surface area contributed by atoms with Crippen molar-refractivity contribution in [3.63, 3.8) is 0 Å². The lowest BCUT2D eigenvalue weighted by Crippen LogP contribution is -2.25. The molecule has 0 aromatic rings. The van der Waals surface area contributed by atoms with E-state index in [-0.39, 0.29) is 5.97 Å². The highest BCUT2D eigenvalue weighted by Gasteiger charge is 2.27. The van der Waals surface area contributed by atoms with E-state index in [1.54, 1.807) is 6.92 Å². The van der Waals surface area contributed by atoms with E-state index in [1.165, 1.54) is 69.5 Å². The molecule has 0 aromatic carbocycles. The Bertz CT molecular complexity index is 339. The van der Waals surface area contributed by atoms with Crippen LogP contribution in [-0.2, 0) is 9.53 Å². The number of ether oxygens (including phenoxy) is 1. The second-order valence-corrected chi connectivity index (χ2v) is 13.4. The van der Waals surface area contributed by atoms with Gasteiger partial charge in [-0.25, -0.2) is 4.79 Å². The molecular weight excluding hydrogens is 336 g/mol. The lowest BCUT2D eigenvalue weighted by Gasteiger charge is -2.23. The van der Waals surface area contributed by atoms with Gasteiger partial charge < -0.3 is 4.74 Å². The van der Waals surface area contributed by atoms with E-state index in [4.69, 9.17) is 15.8 Å². The minimum Gasteiger partial charge on any atom is -0.462 e. The van der Waals surface area contributed by atoms with Crippen LogP contribution in [0.15, 0.2) is 12.2 Å². The van der Waals surface area contributed by atoms with Crippen molar-refractivity contribution < 1.29 is 9.53 Å². The van der Waals surface area contributed by atoms with Crippen molar-refractivity contribution in [2.75, 3.05) is 6.61 Å². The average molecular weight is 375 g/mol. The van der Waals surface area contributed by atoms with E-state index in [2.05, 4.69) is 20.4 Å². The lowest BCUT2D eigenvalue weighted by molar-refractivity contribution is -0.139. The van der Waals surface area contributed by atoms with Gasteiger partial charge in [-0.15, -0.1) is 0 Å². The maximum absolute atomic E-state index is 11.2. The summed E-state index contributed by atoms with van der Waals surface area (Å²) in [6, 6.07) is 3.89. The van der Waals surface area contributed by atoms with Crippen molar-refractivity contribution in [2.45, 2.75) is 103 Å². The van der Waals surface area contributed by atoms with Crippen LogP contribution in [0.1, 0.15) is 85.0 Å². The second kappa shape index (κ2) is 15.0. The molecule has 0 atom stereocenters. The fourth-order valence-electron chi connectivity index (χ4n) is 3.16. The predicted molar refractivity (Wildman–Crippen MR) is 109 cm³/mol. The fraction of sp³-hybridized carbons (Fsp3) is 0.850. The first-order valence-electron chi connectivity index (χ1n) is 9.96. The summed E-state index contributed by atoms with van der Waals surface area (Å²) in [4.78, 5) is 11.2. The summed E-state index contributed by atoms with van der Waals surface area (Å²) in [6.45, 7) is 10.3. The van der Waals surface area contributed by atoms with Crippen molar-refractivity contribution in [1.82, 2.24) is 0 Å². The van der Waals surface area contributed by atoms with Crippen LogP contribution in [-0.4, -0.2) is 20.0 Å². The van der Waals surface area contributed by atoms with Crippen molar-refractivity contribution in [2.24, 2.45) is 0 Å². The topological polar surface area (TPSA) is 26.3 Å². The molecule has 24 heavy (non-hydrogen) atoms. The van der Waals surface area contributed by atoms with Gasteiger partial charge in [0, 0.05) is 5.57 Å². The molecule has 0 heterocycles. The summed E-state index contributed by atoms with van der Waals surface area (Å²) < 4.78 is 5.09. The van der Waals surface area contributed by atoms with Crippen LogP contribution in [0.3, 0.4) is 0 Å². The molecule has 0 N–H and O–H groups in total. The van der Waals surface area contributed by atoms with Gasteiger partial charge in [-0.3, -0.25) is 0 Å². The number of esters is 1. The molecule has 142 valence electrons. The highest BCUT2D eigenvalue weighted by molar-refractivity contribution is 7.20. The standard InChI is InChI=1S/C20H39ClO2Si/c1-5-16-24(21,17-6-2)18-14-12-10-8-7-9-11-13-15-23-20(22)19(3)4/h3,5-18H2,1-2,4H3. The summed E-state index contributed by atoms with van der Waals surface area (Å²) in [5.74, 6) is -0.264. The van der Waals surface area contributed by atoms with Gasteiger partial charge in [-0.1, -0.05) is 78.2 Å². The van der Waals surface area contributed by atoms with Crippen LogP contribution >= 0.6 is 11.1 Å². The third-order valence-corrected chi connectivity index (χ3v) is 10.2. The minimum absolute atomic E-state index is 0.264. The maximum Gasteiger partial charge on any atom is 0.333 e. The van der Waals surface area contributed by atoms with E-state index >= 15 is 0 Å². The largest absolute Gasteiger partial charge is 0.462 e. The molecular formula is C20H39ClO2Si. The highest BCUT2D eigenvalue weighted by atomic mass is 35.6. The van der Waals surface area contributed by atoms with Crippen molar-refractivity contribution >= 4 is 24.4 Å². The third kappa shape index (κ3) is 13.1. The molecule has 0 aromatic heterocycles. The van der Waals surface area contributed by atoms with Crippen LogP contribution in [0.4, 0.5) is 0 Å². The average Bonchev–Trinajstić information content (AvgIpc) is 2.52. The molecule has 0 fully saturated rings. The summed E-state index contributed by atoms with van der Waals surface area (Å²) >= 11 is 6.89. The van der Waals surface area contributed by atoms with Gasteiger partial charge >= 0.3 is 5.97 Å². The molecule has 0 spiro atoms. The van der Waals surface area contributed by atoms with E-state index in [9.17, 15) is 4.79 Å². The molecule has 0 amide bonds. The molecule has 0 unspecified atom stereocenters. The highest BCUT2D eigenvalue weighted by Crippen LogP contribution is 2.30. The van der Waals surface area contributed by atoms with E-state index in [0.717, 1.165) is 12.8 Å². The number of hydrogen-bond acceptors (Lipinski definition) is 2. The van der Waals surface area contributed by atoms with Gasteiger partial charge in [0.2, 0.25) is 0 Å². The number of unbranched alkanes of at least 4 members (excludes halogenated alkanes) is 7. The fourth-order valence-corrected chi connectivity index (χ4v) is 8.12. The Morgan fingerprint density at radius 2 is 1.33 bits per heavy atom. The first kappa shape index (κ1) is 23.7. The summed E-state index contributed by atoms with van der Waals surface area (Å²) in [7, 11) is -1.43. The molecule has 0 rings (SSSR count). The third-order valence-electron chi connectivity index (χ3n) is 4.50. The molecule has 2 nitrogen and oxygen atoms in total. The number of hydrogen-bond donors (Lipinski definition) is 0. The quantitative estimate of drug-likeness (QED) is 0.0935. The smallest absolute Gasteiger partial charge is 0.333 e. The molecule has 0 radical (unpaired) electrons. The zero-order valence-corrected chi connectivity index (χ0v) is 18.1. The molecule has 0 aliphatic rings. The van der Waals surface area contributed by atoms with Crippen molar-refractivity contribution in [3.05, 3.63) is 12.2 Å². The molecule has 4 heteroatoms. The summed E-state index contributed by atoms with van der Waals surface area (Å²) in [6.07, 6.45) is 12.5. The Labute approximate surface area is 156 Å². The van der Waals surface area contributed by atoms with Crippen LogP contribution < -0.4 is 0 Å². The minimum atomic E-state index is -1.43. The van der Waals surface area contributed by atoms with Gasteiger partial charge in [0.1, 0.15) is 0 Å². The molecule has 0 saturated carbocycles. The number of carbonyl (C=O) groups is 1. The first-order chi connectivity index (χ1) is 11.4. The Kier molecular flexibility index (Phi) is 14.8. The molecule has 0 saturated heterocycles. The molecule has 0 aliphatic carbocycles. The van der Waals surface area contributed by atoms with Gasteiger partial charge in [0.25, 0.3) is 0 Å². The summed E-state index contributed by atoms with van der Waals surface area (Å²) in [5.41, 5.74) is 0.483. The molecule has 0 aliphatic heterocycles. The monoisotopic (exact) mass is 374 g/mol. The second-order valence-electron chi connectivity index (χ2n) is 7.15. The predicted octanol–water partition coefficient (Wildman–Crippen LogP) is 7.23.